The van der Waals surface area contributed by atoms with Crippen LogP contribution in [0.1, 0.15) is 10.4 Å². The highest BCUT2D eigenvalue weighted by Crippen LogP contribution is 2.22. The van der Waals surface area contributed by atoms with Gasteiger partial charge in [-0.15, -0.1) is 11.6 Å². The summed E-state index contributed by atoms with van der Waals surface area (Å²) >= 11 is 5.57. The molecular formula is C9H8ClNO2. The zero-order valence-electron chi connectivity index (χ0n) is 6.79. The van der Waals surface area contributed by atoms with E-state index in [-0.39, 0.29) is 11.8 Å². The van der Waals surface area contributed by atoms with Gasteiger partial charge in [0.15, 0.2) is 6.23 Å². The summed E-state index contributed by atoms with van der Waals surface area (Å²) < 4.78 is 5.39. The Labute approximate surface area is 80.6 Å². The molecule has 1 N–H and O–H groups in total. The molecule has 0 aliphatic carbocycles. The van der Waals surface area contributed by atoms with Crippen LogP contribution in [-0.2, 0) is 0 Å². The van der Waals surface area contributed by atoms with Gasteiger partial charge in [0.2, 0.25) is 0 Å². The maximum atomic E-state index is 11.4. The van der Waals surface area contributed by atoms with Gasteiger partial charge in [0, 0.05) is 0 Å². The molecule has 0 aromatic heterocycles. The van der Waals surface area contributed by atoms with Crippen LogP contribution in [0.2, 0.25) is 0 Å². The SMILES string of the molecule is O=C1NC(CCl)Oc2ccccc21. The van der Waals surface area contributed by atoms with Crippen LogP contribution >= 0.6 is 11.6 Å². The van der Waals surface area contributed by atoms with Crippen LogP contribution in [0.5, 0.6) is 5.75 Å². The van der Waals surface area contributed by atoms with E-state index < -0.39 is 6.23 Å². The average Bonchev–Trinajstić information content (AvgIpc) is 2.18. The lowest BCUT2D eigenvalue weighted by Gasteiger charge is -2.24. The molecule has 0 spiro atoms. The molecule has 0 bridgehead atoms. The predicted molar refractivity (Wildman–Crippen MR) is 49.0 cm³/mol. The van der Waals surface area contributed by atoms with Gasteiger partial charge >= 0.3 is 0 Å². The lowest BCUT2D eigenvalue weighted by Crippen LogP contribution is -2.44. The number of hydrogen-bond acceptors (Lipinski definition) is 2. The Bertz CT molecular complexity index is 340. The zero-order chi connectivity index (χ0) is 9.26. The summed E-state index contributed by atoms with van der Waals surface area (Å²) in [5.74, 6) is 0.712. The second-order valence-electron chi connectivity index (χ2n) is 2.73. The molecular weight excluding hydrogens is 190 g/mol. The molecule has 0 radical (unpaired) electrons. The van der Waals surface area contributed by atoms with Gasteiger partial charge in [-0.2, -0.15) is 0 Å². The summed E-state index contributed by atoms with van der Waals surface area (Å²) in [6, 6.07) is 7.09. The highest BCUT2D eigenvalue weighted by atomic mass is 35.5. The van der Waals surface area contributed by atoms with Crippen molar-refractivity contribution in [3.05, 3.63) is 29.8 Å². The van der Waals surface area contributed by atoms with Crippen LogP contribution in [0.25, 0.3) is 0 Å². The number of benzene rings is 1. The van der Waals surface area contributed by atoms with Crippen molar-refractivity contribution < 1.29 is 9.53 Å². The molecule has 0 fully saturated rings. The first-order valence-electron chi connectivity index (χ1n) is 3.94. The van der Waals surface area contributed by atoms with Crippen molar-refractivity contribution >= 4 is 17.5 Å². The van der Waals surface area contributed by atoms with Gasteiger partial charge in [0.05, 0.1) is 11.4 Å². The van der Waals surface area contributed by atoms with Gasteiger partial charge in [-0.3, -0.25) is 4.79 Å². The van der Waals surface area contributed by atoms with E-state index in [2.05, 4.69) is 5.32 Å². The summed E-state index contributed by atoms with van der Waals surface area (Å²) in [5.41, 5.74) is 0.559. The second-order valence-corrected chi connectivity index (χ2v) is 3.04. The number of carbonyl (C=O) groups is 1. The van der Waals surface area contributed by atoms with E-state index in [1.165, 1.54) is 0 Å². The van der Waals surface area contributed by atoms with E-state index >= 15 is 0 Å². The fourth-order valence-corrected chi connectivity index (χ4v) is 1.37. The molecule has 1 amide bonds. The normalized spacial score (nSPS) is 20.1. The van der Waals surface area contributed by atoms with Gasteiger partial charge < -0.3 is 10.1 Å². The first-order chi connectivity index (χ1) is 6.31. The second kappa shape index (κ2) is 3.26. The van der Waals surface area contributed by atoms with E-state index in [0.717, 1.165) is 0 Å². The molecule has 0 saturated heterocycles. The third kappa shape index (κ3) is 1.47. The van der Waals surface area contributed by atoms with E-state index in [9.17, 15) is 4.79 Å². The van der Waals surface area contributed by atoms with Crippen molar-refractivity contribution in [3.8, 4) is 5.75 Å². The van der Waals surface area contributed by atoms with Crippen molar-refractivity contribution in [2.24, 2.45) is 0 Å². The number of nitrogens with one attached hydrogen (secondary N) is 1. The van der Waals surface area contributed by atoms with Gasteiger partial charge in [0.1, 0.15) is 5.75 Å². The van der Waals surface area contributed by atoms with Gasteiger partial charge in [-0.05, 0) is 12.1 Å². The fraction of sp³-hybridized carbons (Fsp3) is 0.222. The van der Waals surface area contributed by atoms with Crippen LogP contribution in [-0.4, -0.2) is 18.0 Å². The summed E-state index contributed by atoms with van der Waals surface area (Å²) in [7, 11) is 0. The van der Waals surface area contributed by atoms with E-state index in [1.807, 2.05) is 6.07 Å². The predicted octanol–water partition coefficient (Wildman–Crippen LogP) is 1.37. The van der Waals surface area contributed by atoms with E-state index in [1.54, 1.807) is 18.2 Å². The fourth-order valence-electron chi connectivity index (χ4n) is 1.23. The number of ether oxygens (including phenoxy) is 1. The van der Waals surface area contributed by atoms with E-state index in [4.69, 9.17) is 16.3 Å². The molecule has 1 aliphatic heterocycles. The van der Waals surface area contributed by atoms with Crippen LogP contribution < -0.4 is 10.1 Å². The molecule has 0 saturated carbocycles. The van der Waals surface area contributed by atoms with Crippen LogP contribution in [0, 0.1) is 0 Å². The lowest BCUT2D eigenvalue weighted by molar-refractivity contribution is 0.0793. The van der Waals surface area contributed by atoms with Gasteiger partial charge in [-0.25, -0.2) is 0 Å². The summed E-state index contributed by atoms with van der Waals surface area (Å²) in [6.07, 6.45) is -0.413. The third-order valence-corrected chi connectivity index (χ3v) is 2.11. The number of fused-ring (bicyclic) bond motifs is 1. The number of alkyl halides is 1. The highest BCUT2D eigenvalue weighted by Gasteiger charge is 2.23. The minimum atomic E-state index is -0.413. The van der Waals surface area contributed by atoms with Crippen molar-refractivity contribution in [1.82, 2.24) is 5.32 Å². The Hall–Kier alpha value is -1.22. The molecule has 13 heavy (non-hydrogen) atoms. The van der Waals surface area contributed by atoms with Crippen molar-refractivity contribution in [2.45, 2.75) is 6.23 Å². The first-order valence-corrected chi connectivity index (χ1v) is 4.47. The molecule has 1 aliphatic rings. The lowest BCUT2D eigenvalue weighted by atomic mass is 10.1. The molecule has 68 valence electrons. The smallest absolute Gasteiger partial charge is 0.257 e. The standard InChI is InChI=1S/C9H8ClNO2/c10-5-8-11-9(12)6-3-1-2-4-7(6)13-8/h1-4,8H,5H2,(H,11,12). The minimum Gasteiger partial charge on any atom is -0.469 e. The quantitative estimate of drug-likeness (QED) is 0.691. The number of carbonyl (C=O) groups excluding carboxylic acids is 1. The Kier molecular flexibility index (Phi) is 2.10. The first kappa shape index (κ1) is 8.38. The summed E-state index contributed by atoms with van der Waals surface area (Å²) in [6.45, 7) is 0. The van der Waals surface area contributed by atoms with Gasteiger partial charge in [0.25, 0.3) is 5.91 Å². The Morgan fingerprint density at radius 2 is 2.23 bits per heavy atom. The zero-order valence-corrected chi connectivity index (χ0v) is 7.54. The largest absolute Gasteiger partial charge is 0.469 e. The summed E-state index contributed by atoms with van der Waals surface area (Å²) in [5, 5.41) is 2.63. The van der Waals surface area contributed by atoms with Crippen LogP contribution in [0.15, 0.2) is 24.3 Å². The van der Waals surface area contributed by atoms with Crippen LogP contribution in [0.3, 0.4) is 0 Å². The number of para-hydroxylation sites is 1. The number of rotatable bonds is 1. The monoisotopic (exact) mass is 197 g/mol. The van der Waals surface area contributed by atoms with Crippen LogP contribution in [0.4, 0.5) is 0 Å². The third-order valence-electron chi connectivity index (χ3n) is 1.83. The number of amides is 1. The highest BCUT2D eigenvalue weighted by molar-refractivity contribution is 6.18. The Morgan fingerprint density at radius 3 is 3.00 bits per heavy atom. The van der Waals surface area contributed by atoms with Crippen molar-refractivity contribution in [2.75, 3.05) is 5.88 Å². The van der Waals surface area contributed by atoms with E-state index in [0.29, 0.717) is 11.3 Å². The van der Waals surface area contributed by atoms with Gasteiger partial charge in [-0.1, -0.05) is 12.1 Å². The topological polar surface area (TPSA) is 38.3 Å². The maximum absolute atomic E-state index is 11.4. The molecule has 1 aromatic carbocycles. The molecule has 1 atom stereocenters. The number of hydrogen-bond donors (Lipinski definition) is 1. The number of halogens is 1. The maximum Gasteiger partial charge on any atom is 0.257 e. The minimum absolute atomic E-state index is 0.132. The molecule has 4 heteroatoms. The molecule has 1 unspecified atom stereocenters. The molecule has 1 heterocycles. The van der Waals surface area contributed by atoms with Crippen molar-refractivity contribution in [3.63, 3.8) is 0 Å². The molecule has 2 rings (SSSR count). The molecule has 1 aromatic rings. The van der Waals surface area contributed by atoms with Crippen molar-refractivity contribution in [1.29, 1.82) is 0 Å². The average molecular weight is 198 g/mol. The Morgan fingerprint density at radius 1 is 1.46 bits per heavy atom. The summed E-state index contributed by atoms with van der Waals surface area (Å²) in [4.78, 5) is 11.4. The Balaban J connectivity index is 2.37. The molecule has 3 nitrogen and oxygen atoms in total.